The topological polar surface area (TPSA) is 94.2 Å². The molecule has 1 N–H and O–H groups in total. The molecular weight excluding hydrogens is 382 g/mol. The zero-order valence-corrected chi connectivity index (χ0v) is 16.6. The van der Waals surface area contributed by atoms with Crippen molar-refractivity contribution < 1.29 is 14.3 Å². The third kappa shape index (κ3) is 4.03. The molecule has 0 saturated carbocycles. The Labute approximate surface area is 174 Å². The molecule has 2 amide bonds. The van der Waals surface area contributed by atoms with Gasteiger partial charge in [-0.15, -0.1) is 0 Å². The van der Waals surface area contributed by atoms with E-state index in [1.54, 1.807) is 30.3 Å². The molecule has 0 aliphatic carbocycles. The Balaban J connectivity index is 1.47. The molecule has 30 heavy (non-hydrogen) atoms. The van der Waals surface area contributed by atoms with Crippen LogP contribution in [-0.4, -0.2) is 40.1 Å². The van der Waals surface area contributed by atoms with Crippen molar-refractivity contribution in [3.63, 3.8) is 0 Å². The largest absolute Gasteiger partial charge is 0.618 e. The fourth-order valence-electron chi connectivity index (χ4n) is 3.94. The van der Waals surface area contributed by atoms with Gasteiger partial charge in [-0.3, -0.25) is 14.3 Å². The van der Waals surface area contributed by atoms with E-state index in [4.69, 9.17) is 0 Å². The maximum absolute atomic E-state index is 12.4. The number of amides is 2. The summed E-state index contributed by atoms with van der Waals surface area (Å²) in [5.74, 6) is -0.538. The quantitative estimate of drug-likeness (QED) is 0.497. The van der Waals surface area contributed by atoms with Crippen molar-refractivity contribution in [3.8, 4) is 0 Å². The number of carbonyl (C=O) groups is 2. The first kappa shape index (κ1) is 19.6. The van der Waals surface area contributed by atoms with Gasteiger partial charge >= 0.3 is 5.91 Å². The van der Waals surface area contributed by atoms with Crippen molar-refractivity contribution in [1.29, 1.82) is 0 Å². The highest BCUT2D eigenvalue weighted by atomic mass is 16.5. The monoisotopic (exact) mass is 405 g/mol. The molecule has 8 heteroatoms. The number of hydrogen-bond acceptors (Lipinski definition) is 4. The van der Waals surface area contributed by atoms with Crippen molar-refractivity contribution in [3.05, 3.63) is 89.1 Å². The van der Waals surface area contributed by atoms with Gasteiger partial charge in [-0.1, -0.05) is 30.3 Å². The maximum Gasteiger partial charge on any atom is 0.317 e. The molecule has 0 radical (unpaired) electrons. The van der Waals surface area contributed by atoms with Crippen molar-refractivity contribution in [2.24, 2.45) is 5.92 Å². The van der Waals surface area contributed by atoms with Gasteiger partial charge < -0.3 is 15.4 Å². The predicted octanol–water partition coefficient (Wildman–Crippen LogP) is 1.51. The molecule has 2 aromatic heterocycles. The Kier molecular flexibility index (Phi) is 5.47. The van der Waals surface area contributed by atoms with Crippen LogP contribution in [0.4, 0.5) is 0 Å². The zero-order valence-electron chi connectivity index (χ0n) is 16.6. The first-order chi connectivity index (χ1) is 14.5. The molecule has 1 aliphatic rings. The normalized spacial score (nSPS) is 18.6. The van der Waals surface area contributed by atoms with E-state index in [1.165, 1.54) is 12.3 Å². The van der Waals surface area contributed by atoms with Gasteiger partial charge in [-0.25, -0.2) is 0 Å². The minimum absolute atomic E-state index is 0.0219. The molecule has 154 valence electrons. The lowest BCUT2D eigenvalue weighted by atomic mass is 9.95. The van der Waals surface area contributed by atoms with Crippen LogP contribution in [-0.2, 0) is 11.3 Å². The number of aromatic nitrogens is 3. The molecule has 8 nitrogen and oxygen atoms in total. The second-order valence-electron chi connectivity index (χ2n) is 7.49. The number of hydrogen-bond donors (Lipinski definition) is 1. The first-order valence-corrected chi connectivity index (χ1v) is 9.81. The third-order valence-electron chi connectivity index (χ3n) is 5.46. The lowest BCUT2D eigenvalue weighted by molar-refractivity contribution is -0.607. The van der Waals surface area contributed by atoms with Gasteiger partial charge in [-0.2, -0.15) is 9.83 Å². The van der Waals surface area contributed by atoms with Crippen LogP contribution in [0.1, 0.15) is 34.1 Å². The van der Waals surface area contributed by atoms with E-state index in [2.05, 4.69) is 10.4 Å². The van der Waals surface area contributed by atoms with E-state index in [9.17, 15) is 14.8 Å². The molecule has 4 rings (SSSR count). The molecule has 3 heterocycles. The average Bonchev–Trinajstić information content (AvgIpc) is 3.31. The fraction of sp³-hybridized carbons (Fsp3) is 0.273. The molecule has 1 fully saturated rings. The SMILES string of the molecule is CN1C(=O)C[C@@H](CNC(=O)c2cccc[n+]2[O-])[C@@H]1c1cnn(Cc2ccccc2)c1. The molecular formula is C22H23N5O3. The number of carbonyl (C=O) groups excluding carboxylic acids is 2. The molecule has 0 spiro atoms. The van der Waals surface area contributed by atoms with Crippen LogP contribution in [0.15, 0.2) is 67.1 Å². The lowest BCUT2D eigenvalue weighted by Gasteiger charge is -2.24. The van der Waals surface area contributed by atoms with Crippen LogP contribution in [0, 0.1) is 11.1 Å². The summed E-state index contributed by atoms with van der Waals surface area (Å²) in [6, 6.07) is 14.5. The van der Waals surface area contributed by atoms with Crippen LogP contribution in [0.3, 0.4) is 0 Å². The van der Waals surface area contributed by atoms with E-state index in [-0.39, 0.29) is 23.6 Å². The smallest absolute Gasteiger partial charge is 0.317 e. The molecule has 0 bridgehead atoms. The standard InChI is InChI=1S/C22H23N5O3/c1-25-20(28)11-17(12-23-22(29)19-9-5-6-10-27(19)30)21(25)18-13-24-26(15-18)14-16-7-3-2-4-8-16/h2-10,13,15,17,21H,11-12,14H2,1H3,(H,23,29)/t17-,21+/m0/s1. The zero-order chi connectivity index (χ0) is 21.1. The Hall–Kier alpha value is -3.68. The number of nitrogens with one attached hydrogen (secondary N) is 1. The van der Waals surface area contributed by atoms with Crippen LogP contribution >= 0.6 is 0 Å². The van der Waals surface area contributed by atoms with Crippen molar-refractivity contribution in [2.45, 2.75) is 19.0 Å². The van der Waals surface area contributed by atoms with E-state index in [1.807, 2.05) is 41.2 Å². The Morgan fingerprint density at radius 3 is 2.77 bits per heavy atom. The van der Waals surface area contributed by atoms with Gasteiger partial charge in [0.25, 0.3) is 5.69 Å². The van der Waals surface area contributed by atoms with E-state index < -0.39 is 5.91 Å². The number of pyridine rings is 1. The van der Waals surface area contributed by atoms with Gasteiger partial charge in [0.15, 0.2) is 6.20 Å². The summed E-state index contributed by atoms with van der Waals surface area (Å²) >= 11 is 0. The van der Waals surface area contributed by atoms with E-state index in [0.717, 1.165) is 11.1 Å². The summed E-state index contributed by atoms with van der Waals surface area (Å²) in [6.45, 7) is 0.933. The number of nitrogens with zero attached hydrogens (tertiary/aromatic N) is 4. The van der Waals surface area contributed by atoms with Crippen LogP contribution in [0.2, 0.25) is 0 Å². The van der Waals surface area contributed by atoms with Crippen LogP contribution < -0.4 is 10.0 Å². The van der Waals surface area contributed by atoms with Crippen molar-refractivity contribution in [2.75, 3.05) is 13.6 Å². The summed E-state index contributed by atoms with van der Waals surface area (Å²) in [5, 5.41) is 19.0. The van der Waals surface area contributed by atoms with Gasteiger partial charge in [0.05, 0.1) is 18.8 Å². The Morgan fingerprint density at radius 2 is 2.00 bits per heavy atom. The van der Waals surface area contributed by atoms with Gasteiger partial charge in [0.1, 0.15) is 0 Å². The molecule has 1 aromatic carbocycles. The van der Waals surface area contributed by atoms with Crippen LogP contribution in [0.5, 0.6) is 0 Å². The lowest BCUT2D eigenvalue weighted by Crippen LogP contribution is -2.41. The fourth-order valence-corrected chi connectivity index (χ4v) is 3.94. The summed E-state index contributed by atoms with van der Waals surface area (Å²) < 4.78 is 2.38. The molecule has 1 aliphatic heterocycles. The van der Waals surface area contributed by atoms with Gasteiger partial charge in [0, 0.05) is 49.8 Å². The molecule has 2 atom stereocenters. The highest BCUT2D eigenvalue weighted by Gasteiger charge is 2.39. The average molecular weight is 405 g/mol. The summed E-state index contributed by atoms with van der Waals surface area (Å²) in [5.41, 5.74) is 2.10. The van der Waals surface area contributed by atoms with Gasteiger partial charge in [-0.05, 0) is 11.6 Å². The Bertz CT molecular complexity index is 1050. The minimum atomic E-state index is -0.453. The highest BCUT2D eigenvalue weighted by molar-refractivity contribution is 5.91. The highest BCUT2D eigenvalue weighted by Crippen LogP contribution is 2.36. The summed E-state index contributed by atoms with van der Waals surface area (Å²) in [6.07, 6.45) is 5.34. The number of rotatable bonds is 6. The van der Waals surface area contributed by atoms with Gasteiger partial charge in [0.2, 0.25) is 5.91 Å². The maximum atomic E-state index is 12.4. The van der Waals surface area contributed by atoms with Crippen molar-refractivity contribution in [1.82, 2.24) is 20.0 Å². The third-order valence-corrected chi connectivity index (χ3v) is 5.46. The number of benzene rings is 1. The molecule has 0 unspecified atom stereocenters. The molecule has 1 saturated heterocycles. The summed E-state index contributed by atoms with van der Waals surface area (Å²) in [4.78, 5) is 26.5. The van der Waals surface area contributed by atoms with E-state index >= 15 is 0 Å². The summed E-state index contributed by atoms with van der Waals surface area (Å²) in [7, 11) is 1.77. The van der Waals surface area contributed by atoms with Crippen molar-refractivity contribution >= 4 is 11.8 Å². The minimum Gasteiger partial charge on any atom is -0.618 e. The van der Waals surface area contributed by atoms with Crippen LogP contribution in [0.25, 0.3) is 0 Å². The predicted molar refractivity (Wildman–Crippen MR) is 109 cm³/mol. The second-order valence-corrected chi connectivity index (χ2v) is 7.49. The number of likely N-dealkylation sites (tertiary alicyclic amines) is 1. The first-order valence-electron chi connectivity index (χ1n) is 9.81. The molecule has 3 aromatic rings. The second kappa shape index (κ2) is 8.36. The Morgan fingerprint density at radius 1 is 1.23 bits per heavy atom. The van der Waals surface area contributed by atoms with E-state index in [0.29, 0.717) is 24.2 Å².